The van der Waals surface area contributed by atoms with Crippen molar-refractivity contribution in [2.45, 2.75) is 25.3 Å². The molecule has 1 N–H and O–H groups in total. The lowest BCUT2D eigenvalue weighted by Gasteiger charge is -2.30. The van der Waals surface area contributed by atoms with E-state index >= 15 is 0 Å². The molecule has 0 saturated carbocycles. The van der Waals surface area contributed by atoms with Crippen molar-refractivity contribution in [3.63, 3.8) is 0 Å². The van der Waals surface area contributed by atoms with Gasteiger partial charge < -0.3 is 15.1 Å². The molecule has 0 aliphatic carbocycles. The first-order chi connectivity index (χ1) is 11.5. The fraction of sp³-hybridized carbons (Fsp3) is 0.471. The zero-order valence-corrected chi connectivity index (χ0v) is 14.3. The number of likely N-dealkylation sites (tertiary alicyclic amines) is 1. The topological polar surface area (TPSA) is 69.7 Å². The van der Waals surface area contributed by atoms with Crippen LogP contribution in [0, 0.1) is 5.92 Å². The van der Waals surface area contributed by atoms with E-state index in [1.807, 2.05) is 6.07 Å². The monoisotopic (exact) mass is 349 g/mol. The standard InChI is InChI=1S/C17H20ClN3O3/c1-20-10-12(6-7-15(20)22)19-17(24)11-8-16(23)21(9-11)14-5-3-2-4-13(14)18/h2-5,11-12H,6-10H2,1H3,(H,19,24). The number of amides is 3. The van der Waals surface area contributed by atoms with Crippen LogP contribution in [-0.2, 0) is 14.4 Å². The number of piperidine rings is 1. The Morgan fingerprint density at radius 2 is 1.96 bits per heavy atom. The molecule has 2 fully saturated rings. The number of halogens is 1. The molecular formula is C17H20ClN3O3. The number of likely N-dealkylation sites (N-methyl/N-ethyl adjacent to an activating group) is 1. The minimum Gasteiger partial charge on any atom is -0.351 e. The maximum atomic E-state index is 12.5. The Balaban J connectivity index is 1.62. The van der Waals surface area contributed by atoms with Crippen LogP contribution < -0.4 is 10.2 Å². The van der Waals surface area contributed by atoms with E-state index in [4.69, 9.17) is 11.6 Å². The molecule has 2 aliphatic rings. The first-order valence-corrected chi connectivity index (χ1v) is 8.42. The second kappa shape index (κ2) is 6.81. The van der Waals surface area contributed by atoms with Crippen LogP contribution >= 0.6 is 11.6 Å². The smallest absolute Gasteiger partial charge is 0.227 e. The lowest BCUT2D eigenvalue weighted by Crippen LogP contribution is -2.50. The van der Waals surface area contributed by atoms with Crippen molar-refractivity contribution in [3.8, 4) is 0 Å². The highest BCUT2D eigenvalue weighted by Crippen LogP contribution is 2.31. The summed E-state index contributed by atoms with van der Waals surface area (Å²) in [4.78, 5) is 39.5. The molecule has 2 saturated heterocycles. The number of hydrogen-bond acceptors (Lipinski definition) is 3. The Hall–Kier alpha value is -2.08. The second-order valence-electron chi connectivity index (χ2n) is 6.38. The second-order valence-corrected chi connectivity index (χ2v) is 6.78. The molecule has 2 heterocycles. The van der Waals surface area contributed by atoms with Gasteiger partial charge in [0.25, 0.3) is 0 Å². The van der Waals surface area contributed by atoms with Gasteiger partial charge >= 0.3 is 0 Å². The van der Waals surface area contributed by atoms with Crippen molar-refractivity contribution in [1.29, 1.82) is 0 Å². The van der Waals surface area contributed by atoms with Crippen molar-refractivity contribution in [3.05, 3.63) is 29.3 Å². The number of benzene rings is 1. The Bertz CT molecular complexity index is 679. The van der Waals surface area contributed by atoms with Crippen LogP contribution in [0.1, 0.15) is 19.3 Å². The first-order valence-electron chi connectivity index (χ1n) is 8.05. The molecule has 6 nitrogen and oxygen atoms in total. The summed E-state index contributed by atoms with van der Waals surface area (Å²) in [5.74, 6) is -0.525. The summed E-state index contributed by atoms with van der Waals surface area (Å²) in [5, 5.41) is 3.47. The highest BCUT2D eigenvalue weighted by Gasteiger charge is 2.37. The summed E-state index contributed by atoms with van der Waals surface area (Å²) in [6.07, 6.45) is 1.26. The summed E-state index contributed by atoms with van der Waals surface area (Å²) < 4.78 is 0. The third kappa shape index (κ3) is 3.38. The molecule has 3 amide bonds. The number of carbonyl (C=O) groups excluding carboxylic acids is 3. The quantitative estimate of drug-likeness (QED) is 0.897. The van der Waals surface area contributed by atoms with Crippen molar-refractivity contribution in [2.75, 3.05) is 25.0 Å². The van der Waals surface area contributed by atoms with Gasteiger partial charge in [-0.05, 0) is 18.6 Å². The number of rotatable bonds is 3. The molecule has 24 heavy (non-hydrogen) atoms. The predicted molar refractivity (Wildman–Crippen MR) is 90.7 cm³/mol. The number of para-hydroxylation sites is 1. The van der Waals surface area contributed by atoms with Crippen LogP contribution in [0.5, 0.6) is 0 Å². The molecule has 2 aliphatic heterocycles. The molecule has 3 rings (SSSR count). The number of hydrogen-bond donors (Lipinski definition) is 1. The molecule has 0 aromatic heterocycles. The fourth-order valence-electron chi connectivity index (χ4n) is 3.24. The van der Waals surface area contributed by atoms with Gasteiger partial charge in [0, 0.05) is 39.0 Å². The van der Waals surface area contributed by atoms with Crippen molar-refractivity contribution in [1.82, 2.24) is 10.2 Å². The van der Waals surface area contributed by atoms with Crippen molar-refractivity contribution >= 4 is 35.0 Å². The van der Waals surface area contributed by atoms with Gasteiger partial charge in [0.15, 0.2) is 0 Å². The first kappa shape index (κ1) is 16.8. The Labute approximate surface area is 145 Å². The van der Waals surface area contributed by atoms with E-state index in [0.29, 0.717) is 36.6 Å². The van der Waals surface area contributed by atoms with Gasteiger partial charge in [-0.3, -0.25) is 14.4 Å². The fourth-order valence-corrected chi connectivity index (χ4v) is 3.47. The van der Waals surface area contributed by atoms with E-state index < -0.39 is 5.92 Å². The third-order valence-corrected chi connectivity index (χ3v) is 4.93. The highest BCUT2D eigenvalue weighted by atomic mass is 35.5. The van der Waals surface area contributed by atoms with Crippen LogP contribution in [-0.4, -0.2) is 48.8 Å². The van der Waals surface area contributed by atoms with Crippen molar-refractivity contribution < 1.29 is 14.4 Å². The molecule has 2 unspecified atom stereocenters. The molecule has 1 aromatic rings. The van der Waals surface area contributed by atoms with Crippen molar-refractivity contribution in [2.24, 2.45) is 5.92 Å². The maximum absolute atomic E-state index is 12.5. The lowest BCUT2D eigenvalue weighted by molar-refractivity contribution is -0.134. The molecule has 1 aromatic carbocycles. The summed E-state index contributed by atoms with van der Waals surface area (Å²) in [6.45, 7) is 0.843. The number of carbonyl (C=O) groups is 3. The van der Waals surface area contributed by atoms with Gasteiger partial charge in [0.1, 0.15) is 0 Å². The van der Waals surface area contributed by atoms with Gasteiger partial charge in [-0.2, -0.15) is 0 Å². The molecular weight excluding hydrogens is 330 g/mol. The third-order valence-electron chi connectivity index (χ3n) is 4.61. The Morgan fingerprint density at radius 1 is 1.21 bits per heavy atom. The van der Waals surface area contributed by atoms with Gasteiger partial charge in [0.05, 0.1) is 16.6 Å². The van der Waals surface area contributed by atoms with E-state index in [2.05, 4.69) is 5.32 Å². The van der Waals surface area contributed by atoms with Gasteiger partial charge in [-0.15, -0.1) is 0 Å². The SMILES string of the molecule is CN1CC(NC(=O)C2CC(=O)N(c3ccccc3Cl)C2)CCC1=O. The summed E-state index contributed by atoms with van der Waals surface area (Å²) in [6, 6.07) is 7.08. The average molecular weight is 350 g/mol. The van der Waals surface area contributed by atoms with Crippen LogP contribution in [0.4, 0.5) is 5.69 Å². The van der Waals surface area contributed by atoms with Gasteiger partial charge in [-0.1, -0.05) is 23.7 Å². The summed E-state index contributed by atoms with van der Waals surface area (Å²) in [5.41, 5.74) is 0.641. The Morgan fingerprint density at radius 3 is 2.67 bits per heavy atom. The summed E-state index contributed by atoms with van der Waals surface area (Å²) in [7, 11) is 1.74. The number of anilines is 1. The van der Waals surface area contributed by atoms with Gasteiger partial charge in [-0.25, -0.2) is 0 Å². The lowest BCUT2D eigenvalue weighted by atomic mass is 10.0. The zero-order chi connectivity index (χ0) is 17.3. The summed E-state index contributed by atoms with van der Waals surface area (Å²) >= 11 is 6.15. The van der Waals surface area contributed by atoms with E-state index in [9.17, 15) is 14.4 Å². The molecule has 128 valence electrons. The molecule has 2 atom stereocenters. The van der Waals surface area contributed by atoms with Crippen LogP contribution in [0.15, 0.2) is 24.3 Å². The molecule has 0 bridgehead atoms. The minimum absolute atomic E-state index is 0.0512. The van der Waals surface area contributed by atoms with E-state index in [1.165, 1.54) is 0 Å². The number of nitrogens with one attached hydrogen (secondary N) is 1. The van der Waals surface area contributed by atoms with E-state index in [1.54, 1.807) is 35.0 Å². The Kier molecular flexibility index (Phi) is 4.76. The normalized spacial score (nSPS) is 24.4. The molecule has 0 spiro atoms. The van der Waals surface area contributed by atoms with Crippen LogP contribution in [0.25, 0.3) is 0 Å². The minimum atomic E-state index is -0.392. The van der Waals surface area contributed by atoms with Crippen LogP contribution in [0.3, 0.4) is 0 Å². The zero-order valence-electron chi connectivity index (χ0n) is 13.5. The van der Waals surface area contributed by atoms with Gasteiger partial charge in [0.2, 0.25) is 17.7 Å². The van der Waals surface area contributed by atoms with E-state index in [0.717, 1.165) is 0 Å². The average Bonchev–Trinajstić information content (AvgIpc) is 2.93. The number of nitrogens with zero attached hydrogens (tertiary/aromatic N) is 2. The highest BCUT2D eigenvalue weighted by molar-refractivity contribution is 6.33. The largest absolute Gasteiger partial charge is 0.351 e. The predicted octanol–water partition coefficient (Wildman–Crippen LogP) is 1.43. The van der Waals surface area contributed by atoms with E-state index in [-0.39, 0.29) is 30.2 Å². The molecule has 0 radical (unpaired) electrons. The maximum Gasteiger partial charge on any atom is 0.227 e. The molecule has 7 heteroatoms. The van der Waals surface area contributed by atoms with Crippen LogP contribution in [0.2, 0.25) is 5.02 Å².